The minimum atomic E-state index is -0.994. The molecule has 1 aromatic carbocycles. The standard InChI is InChI=1S/C20H23N3O4/c1-13(12-26-9-3-2-7-21)27-19-16-6-8-22-11-17(16)15-5-4-14(20(24)25)10-18(15)23-19/h4-6,8,10-11,13H,2-3,7,9,12,21H2,1H3,(H,24,25)/t13-/m1/s1. The summed E-state index contributed by atoms with van der Waals surface area (Å²) >= 11 is 0. The second-order valence-electron chi connectivity index (χ2n) is 6.37. The van der Waals surface area contributed by atoms with E-state index in [0.29, 0.717) is 31.2 Å². The lowest BCUT2D eigenvalue weighted by Gasteiger charge is -2.16. The smallest absolute Gasteiger partial charge is 0.335 e. The lowest BCUT2D eigenvalue weighted by molar-refractivity contribution is 0.0558. The molecular weight excluding hydrogens is 346 g/mol. The van der Waals surface area contributed by atoms with Crippen molar-refractivity contribution in [3.63, 3.8) is 0 Å². The van der Waals surface area contributed by atoms with Crippen molar-refractivity contribution in [1.29, 1.82) is 0 Å². The van der Waals surface area contributed by atoms with E-state index in [-0.39, 0.29) is 11.7 Å². The second kappa shape index (κ2) is 8.75. The Morgan fingerprint density at radius 3 is 2.85 bits per heavy atom. The fourth-order valence-electron chi connectivity index (χ4n) is 2.86. The van der Waals surface area contributed by atoms with Gasteiger partial charge in [-0.05, 0) is 44.5 Å². The maximum absolute atomic E-state index is 11.3. The molecule has 27 heavy (non-hydrogen) atoms. The van der Waals surface area contributed by atoms with Crippen LogP contribution in [0.15, 0.2) is 36.7 Å². The Labute approximate surface area is 157 Å². The molecule has 0 fully saturated rings. The highest BCUT2D eigenvalue weighted by Gasteiger charge is 2.14. The molecule has 0 bridgehead atoms. The molecule has 2 aromatic heterocycles. The highest BCUT2D eigenvalue weighted by Crippen LogP contribution is 2.31. The van der Waals surface area contributed by atoms with Crippen LogP contribution in [0.1, 0.15) is 30.1 Å². The zero-order valence-electron chi connectivity index (χ0n) is 15.2. The highest BCUT2D eigenvalue weighted by molar-refractivity contribution is 6.08. The molecule has 0 saturated heterocycles. The quantitative estimate of drug-likeness (QED) is 0.441. The number of ether oxygens (including phenoxy) is 2. The van der Waals surface area contributed by atoms with Gasteiger partial charge in [0.1, 0.15) is 6.10 Å². The third-order valence-corrected chi connectivity index (χ3v) is 4.22. The molecule has 7 nitrogen and oxygen atoms in total. The predicted octanol–water partition coefficient (Wildman–Crippen LogP) is 3.00. The van der Waals surface area contributed by atoms with E-state index in [1.807, 2.05) is 13.0 Å². The number of carboxylic acid groups (broad SMARTS) is 1. The Balaban J connectivity index is 1.87. The second-order valence-corrected chi connectivity index (χ2v) is 6.37. The number of rotatable bonds is 9. The molecule has 0 aliphatic heterocycles. The maximum Gasteiger partial charge on any atom is 0.335 e. The van der Waals surface area contributed by atoms with Crippen LogP contribution < -0.4 is 10.5 Å². The van der Waals surface area contributed by atoms with Crippen LogP contribution in [-0.4, -0.2) is 46.9 Å². The molecule has 0 aliphatic carbocycles. The Hall–Kier alpha value is -2.77. The van der Waals surface area contributed by atoms with Crippen LogP contribution in [-0.2, 0) is 4.74 Å². The van der Waals surface area contributed by atoms with Crippen molar-refractivity contribution < 1.29 is 19.4 Å². The van der Waals surface area contributed by atoms with Gasteiger partial charge in [0.15, 0.2) is 0 Å². The lowest BCUT2D eigenvalue weighted by Crippen LogP contribution is -2.20. The first-order valence-electron chi connectivity index (χ1n) is 8.95. The van der Waals surface area contributed by atoms with Crippen LogP contribution in [0.25, 0.3) is 21.7 Å². The summed E-state index contributed by atoms with van der Waals surface area (Å²) in [6.45, 7) is 3.65. The molecule has 0 amide bonds. The van der Waals surface area contributed by atoms with Crippen LogP contribution >= 0.6 is 0 Å². The number of benzene rings is 1. The highest BCUT2D eigenvalue weighted by atomic mass is 16.5. The minimum Gasteiger partial charge on any atom is -0.478 e. The molecule has 0 aliphatic rings. The number of carbonyl (C=O) groups is 1. The summed E-state index contributed by atoms with van der Waals surface area (Å²) in [5.41, 5.74) is 6.21. The molecule has 0 spiro atoms. The summed E-state index contributed by atoms with van der Waals surface area (Å²) in [6, 6.07) is 6.71. The number of aromatic nitrogens is 2. The van der Waals surface area contributed by atoms with Crippen LogP contribution in [0.3, 0.4) is 0 Å². The zero-order valence-corrected chi connectivity index (χ0v) is 15.2. The third kappa shape index (κ3) is 4.50. The molecule has 0 unspecified atom stereocenters. The average molecular weight is 369 g/mol. The summed E-state index contributed by atoms with van der Waals surface area (Å²) in [5, 5.41) is 11.8. The van der Waals surface area contributed by atoms with Crippen molar-refractivity contribution >= 4 is 27.6 Å². The van der Waals surface area contributed by atoms with E-state index >= 15 is 0 Å². The Morgan fingerprint density at radius 2 is 2.07 bits per heavy atom. The van der Waals surface area contributed by atoms with Gasteiger partial charge in [-0.25, -0.2) is 9.78 Å². The first kappa shape index (κ1) is 19.0. The van der Waals surface area contributed by atoms with Crippen molar-refractivity contribution in [2.45, 2.75) is 25.9 Å². The topological polar surface area (TPSA) is 108 Å². The fraction of sp³-hybridized carbons (Fsp3) is 0.350. The molecule has 7 heteroatoms. The number of hydrogen-bond donors (Lipinski definition) is 2. The lowest BCUT2D eigenvalue weighted by atomic mass is 10.1. The van der Waals surface area contributed by atoms with E-state index in [9.17, 15) is 9.90 Å². The van der Waals surface area contributed by atoms with Gasteiger partial charge in [0.05, 0.1) is 17.7 Å². The summed E-state index contributed by atoms with van der Waals surface area (Å²) < 4.78 is 11.6. The van der Waals surface area contributed by atoms with Gasteiger partial charge < -0.3 is 20.3 Å². The number of hydrogen-bond acceptors (Lipinski definition) is 6. The van der Waals surface area contributed by atoms with Gasteiger partial charge in [0.2, 0.25) is 5.88 Å². The van der Waals surface area contributed by atoms with Gasteiger partial charge >= 0.3 is 5.97 Å². The molecule has 3 aromatic rings. The molecule has 2 heterocycles. The van der Waals surface area contributed by atoms with Crippen molar-refractivity contribution in [2.75, 3.05) is 19.8 Å². The summed E-state index contributed by atoms with van der Waals surface area (Å²) in [5.74, 6) is -0.549. The Kier molecular flexibility index (Phi) is 6.16. The number of nitrogens with zero attached hydrogens (tertiary/aromatic N) is 2. The van der Waals surface area contributed by atoms with E-state index in [1.54, 1.807) is 30.6 Å². The molecule has 0 radical (unpaired) electrons. The van der Waals surface area contributed by atoms with Gasteiger partial charge in [-0.1, -0.05) is 6.07 Å². The van der Waals surface area contributed by atoms with Crippen molar-refractivity contribution in [1.82, 2.24) is 9.97 Å². The van der Waals surface area contributed by atoms with Gasteiger partial charge in [-0.2, -0.15) is 0 Å². The molecule has 0 saturated carbocycles. The molecule has 3 rings (SSSR count). The van der Waals surface area contributed by atoms with E-state index in [0.717, 1.165) is 29.0 Å². The van der Waals surface area contributed by atoms with E-state index in [1.165, 1.54) is 0 Å². The van der Waals surface area contributed by atoms with Crippen LogP contribution in [0.2, 0.25) is 0 Å². The Morgan fingerprint density at radius 1 is 1.22 bits per heavy atom. The largest absolute Gasteiger partial charge is 0.478 e. The van der Waals surface area contributed by atoms with Crippen molar-refractivity contribution in [3.8, 4) is 5.88 Å². The minimum absolute atomic E-state index is 0.181. The maximum atomic E-state index is 11.3. The van der Waals surface area contributed by atoms with E-state index in [4.69, 9.17) is 15.2 Å². The summed E-state index contributed by atoms with van der Waals surface area (Å²) in [4.78, 5) is 20.0. The normalized spacial score (nSPS) is 12.4. The summed E-state index contributed by atoms with van der Waals surface area (Å²) in [7, 11) is 0. The van der Waals surface area contributed by atoms with Crippen LogP contribution in [0, 0.1) is 0 Å². The fourth-order valence-corrected chi connectivity index (χ4v) is 2.86. The number of aromatic carboxylic acids is 1. The first-order chi connectivity index (χ1) is 13.1. The van der Waals surface area contributed by atoms with Gasteiger partial charge in [0, 0.05) is 35.2 Å². The zero-order chi connectivity index (χ0) is 19.2. The summed E-state index contributed by atoms with van der Waals surface area (Å²) in [6.07, 6.45) is 5.07. The van der Waals surface area contributed by atoms with E-state index in [2.05, 4.69) is 9.97 Å². The van der Waals surface area contributed by atoms with Gasteiger partial charge in [-0.15, -0.1) is 0 Å². The number of unbranched alkanes of at least 4 members (excludes halogenated alkanes) is 1. The Bertz CT molecular complexity index is 945. The molecule has 3 N–H and O–H groups in total. The van der Waals surface area contributed by atoms with Crippen LogP contribution in [0.5, 0.6) is 5.88 Å². The van der Waals surface area contributed by atoms with Crippen molar-refractivity contribution in [3.05, 3.63) is 42.2 Å². The third-order valence-electron chi connectivity index (χ3n) is 4.22. The molecule has 1 atom stereocenters. The van der Waals surface area contributed by atoms with Crippen molar-refractivity contribution in [2.24, 2.45) is 5.73 Å². The number of pyridine rings is 2. The number of nitrogens with two attached hydrogens (primary N) is 1. The number of fused-ring (bicyclic) bond motifs is 3. The van der Waals surface area contributed by atoms with E-state index < -0.39 is 5.97 Å². The number of carboxylic acids is 1. The van der Waals surface area contributed by atoms with Crippen LogP contribution in [0.4, 0.5) is 0 Å². The average Bonchev–Trinajstić information content (AvgIpc) is 2.67. The molecule has 142 valence electrons. The SMILES string of the molecule is C[C@H](COCCCCN)Oc1nc2cc(C(=O)O)ccc2c2cnccc12. The first-order valence-corrected chi connectivity index (χ1v) is 8.95. The van der Waals surface area contributed by atoms with Gasteiger partial charge in [0.25, 0.3) is 0 Å². The predicted molar refractivity (Wildman–Crippen MR) is 103 cm³/mol. The molecular formula is C20H23N3O4. The monoisotopic (exact) mass is 369 g/mol. The van der Waals surface area contributed by atoms with Gasteiger partial charge in [-0.3, -0.25) is 4.98 Å².